The molecule has 0 bridgehead atoms. The molecule has 1 aliphatic heterocycles. The molecule has 2 aromatic carbocycles. The molecule has 10 heteroatoms. The molecule has 1 aliphatic rings. The summed E-state index contributed by atoms with van der Waals surface area (Å²) in [5.41, 5.74) is 0.785. The third-order valence-electron chi connectivity index (χ3n) is 4.79. The number of esters is 1. The number of nitrogens with one attached hydrogen (secondary N) is 2. The van der Waals surface area contributed by atoms with Crippen molar-refractivity contribution in [1.82, 2.24) is 15.5 Å². The molecule has 1 unspecified atom stereocenters. The Balaban J connectivity index is 1.52. The summed E-state index contributed by atoms with van der Waals surface area (Å²) in [5, 5.41) is 4.67. The van der Waals surface area contributed by atoms with Crippen molar-refractivity contribution in [2.45, 2.75) is 12.5 Å². The fourth-order valence-electron chi connectivity index (χ4n) is 3.07. The summed E-state index contributed by atoms with van der Waals surface area (Å²) < 4.78 is 24.8. The largest absolute Gasteiger partial charge is 0.494 e. The van der Waals surface area contributed by atoms with Crippen molar-refractivity contribution in [2.75, 3.05) is 20.7 Å². The van der Waals surface area contributed by atoms with Gasteiger partial charge in [-0.15, -0.1) is 0 Å². The highest BCUT2D eigenvalue weighted by molar-refractivity contribution is 6.14. The number of urea groups is 1. The van der Waals surface area contributed by atoms with Gasteiger partial charge in [0, 0.05) is 31.4 Å². The predicted molar refractivity (Wildman–Crippen MR) is 116 cm³/mol. The monoisotopic (exact) mass is 455 g/mol. The van der Waals surface area contributed by atoms with Crippen LogP contribution in [-0.4, -0.2) is 55.3 Å². The first kappa shape index (κ1) is 23.5. The minimum Gasteiger partial charge on any atom is -0.494 e. The number of amides is 3. The Bertz CT molecular complexity index is 1120. The van der Waals surface area contributed by atoms with Gasteiger partial charge >= 0.3 is 12.0 Å². The van der Waals surface area contributed by atoms with Crippen LogP contribution >= 0.6 is 0 Å². The highest BCUT2D eigenvalue weighted by Gasteiger charge is 2.31. The standard InChI is InChI=1S/C23H22FN3O6/c1-27-12-10-17(28)21(22(27)30)26-23(31)25-11-9-19(29)33-15-6-3-5-14(13-15)16-7-4-8-18(32-2)20(16)24/h3-8,10,12-13,21H,9,11H2,1-2H3,(H2,25,26,31). The Morgan fingerprint density at radius 2 is 1.91 bits per heavy atom. The Hall–Kier alpha value is -4.21. The molecule has 9 nitrogen and oxygen atoms in total. The van der Waals surface area contributed by atoms with Crippen molar-refractivity contribution >= 4 is 23.7 Å². The molecule has 3 rings (SSSR count). The zero-order valence-electron chi connectivity index (χ0n) is 18.0. The topological polar surface area (TPSA) is 114 Å². The second-order valence-electron chi connectivity index (χ2n) is 7.07. The molecule has 0 aromatic heterocycles. The van der Waals surface area contributed by atoms with Crippen LogP contribution in [0.1, 0.15) is 6.42 Å². The number of ether oxygens (including phenoxy) is 2. The Labute approximate surface area is 189 Å². The molecule has 33 heavy (non-hydrogen) atoms. The van der Waals surface area contributed by atoms with E-state index in [-0.39, 0.29) is 30.0 Å². The van der Waals surface area contributed by atoms with Crippen molar-refractivity contribution < 1.29 is 33.0 Å². The molecule has 0 aliphatic carbocycles. The van der Waals surface area contributed by atoms with E-state index in [0.717, 1.165) is 0 Å². The Morgan fingerprint density at radius 3 is 2.67 bits per heavy atom. The molecular formula is C23H22FN3O6. The van der Waals surface area contributed by atoms with Crippen LogP contribution in [0.15, 0.2) is 54.7 Å². The average Bonchev–Trinajstić information content (AvgIpc) is 2.79. The molecule has 0 radical (unpaired) electrons. The van der Waals surface area contributed by atoms with Crippen molar-refractivity contribution in [2.24, 2.45) is 0 Å². The van der Waals surface area contributed by atoms with Crippen LogP contribution in [-0.2, 0) is 14.4 Å². The van der Waals surface area contributed by atoms with Crippen LogP contribution in [0.2, 0.25) is 0 Å². The van der Waals surface area contributed by atoms with E-state index in [0.29, 0.717) is 5.56 Å². The maximum absolute atomic E-state index is 14.5. The third kappa shape index (κ3) is 5.73. The van der Waals surface area contributed by atoms with Crippen LogP contribution in [0.3, 0.4) is 0 Å². The van der Waals surface area contributed by atoms with Gasteiger partial charge in [0.1, 0.15) is 5.75 Å². The minimum atomic E-state index is -1.31. The Morgan fingerprint density at radius 1 is 1.15 bits per heavy atom. The molecule has 1 heterocycles. The smallest absolute Gasteiger partial charge is 0.315 e. The van der Waals surface area contributed by atoms with Gasteiger partial charge < -0.3 is 25.0 Å². The molecule has 0 fully saturated rings. The van der Waals surface area contributed by atoms with Crippen LogP contribution in [0.25, 0.3) is 11.1 Å². The highest BCUT2D eigenvalue weighted by atomic mass is 19.1. The van der Waals surface area contributed by atoms with E-state index >= 15 is 0 Å². The highest BCUT2D eigenvalue weighted by Crippen LogP contribution is 2.30. The lowest BCUT2D eigenvalue weighted by Gasteiger charge is -2.23. The molecule has 3 amide bonds. The fourth-order valence-corrected chi connectivity index (χ4v) is 3.07. The molecule has 0 saturated carbocycles. The van der Waals surface area contributed by atoms with Gasteiger partial charge in [-0.1, -0.05) is 24.3 Å². The summed E-state index contributed by atoms with van der Waals surface area (Å²) in [5.74, 6) is -1.97. The number of likely N-dealkylation sites (N-methyl/N-ethyl adjacent to an activating group) is 1. The number of carbonyl (C=O) groups excluding carboxylic acids is 4. The fraction of sp³-hybridized carbons (Fsp3) is 0.217. The summed E-state index contributed by atoms with van der Waals surface area (Å²) in [4.78, 5) is 49.0. The van der Waals surface area contributed by atoms with Gasteiger partial charge in [0.25, 0.3) is 5.91 Å². The average molecular weight is 455 g/mol. The predicted octanol–water partition coefficient (Wildman–Crippen LogP) is 2.02. The van der Waals surface area contributed by atoms with E-state index in [1.165, 1.54) is 43.5 Å². The molecule has 2 N–H and O–H groups in total. The van der Waals surface area contributed by atoms with Gasteiger partial charge in [-0.05, 0) is 23.8 Å². The van der Waals surface area contributed by atoms with E-state index in [9.17, 15) is 23.6 Å². The second kappa shape index (κ2) is 10.4. The summed E-state index contributed by atoms with van der Waals surface area (Å²) in [7, 11) is 2.83. The SMILES string of the molecule is COc1cccc(-c2cccc(OC(=O)CCNC(=O)NC3C(=O)C=CN(C)C3=O)c2)c1F. The number of methoxy groups -OCH3 is 1. The normalized spacial score (nSPS) is 15.2. The number of ketones is 1. The molecule has 2 aromatic rings. The zero-order chi connectivity index (χ0) is 24.0. The minimum absolute atomic E-state index is 0.0876. The van der Waals surface area contributed by atoms with Crippen molar-refractivity contribution in [1.29, 1.82) is 0 Å². The lowest BCUT2D eigenvalue weighted by atomic mass is 10.0. The van der Waals surface area contributed by atoms with Crippen molar-refractivity contribution in [3.63, 3.8) is 0 Å². The molecular weight excluding hydrogens is 433 g/mol. The summed E-state index contributed by atoms with van der Waals surface area (Å²) in [6.07, 6.45) is 2.33. The van der Waals surface area contributed by atoms with Gasteiger partial charge in [0.15, 0.2) is 23.4 Å². The first-order valence-corrected chi connectivity index (χ1v) is 9.97. The lowest BCUT2D eigenvalue weighted by molar-refractivity contribution is -0.136. The molecule has 0 spiro atoms. The van der Waals surface area contributed by atoms with Gasteiger partial charge in [-0.2, -0.15) is 0 Å². The van der Waals surface area contributed by atoms with Crippen LogP contribution < -0.4 is 20.1 Å². The van der Waals surface area contributed by atoms with E-state index in [1.54, 1.807) is 30.3 Å². The quantitative estimate of drug-likeness (QED) is 0.375. The number of carbonyl (C=O) groups is 4. The molecule has 1 atom stereocenters. The number of halogens is 1. The lowest BCUT2D eigenvalue weighted by Crippen LogP contribution is -2.54. The van der Waals surface area contributed by atoms with Crippen LogP contribution in [0.4, 0.5) is 9.18 Å². The third-order valence-corrected chi connectivity index (χ3v) is 4.79. The Kier molecular flexibility index (Phi) is 7.39. The van der Waals surface area contributed by atoms with Gasteiger partial charge in [0.05, 0.1) is 13.5 Å². The summed E-state index contributed by atoms with van der Waals surface area (Å²) >= 11 is 0. The number of rotatable bonds is 7. The first-order valence-electron chi connectivity index (χ1n) is 9.97. The summed E-state index contributed by atoms with van der Waals surface area (Å²) in [6, 6.07) is 8.99. The molecule has 0 saturated heterocycles. The zero-order valence-corrected chi connectivity index (χ0v) is 18.0. The second-order valence-corrected chi connectivity index (χ2v) is 7.07. The first-order chi connectivity index (χ1) is 15.8. The van der Waals surface area contributed by atoms with Crippen molar-refractivity contribution in [3.05, 3.63) is 60.6 Å². The van der Waals surface area contributed by atoms with Crippen molar-refractivity contribution in [3.8, 4) is 22.6 Å². The van der Waals surface area contributed by atoms with E-state index in [4.69, 9.17) is 9.47 Å². The molecule has 172 valence electrons. The van der Waals surface area contributed by atoms with E-state index in [2.05, 4.69) is 10.6 Å². The van der Waals surface area contributed by atoms with E-state index < -0.39 is 35.5 Å². The number of benzene rings is 2. The number of nitrogens with zero attached hydrogens (tertiary/aromatic N) is 1. The van der Waals surface area contributed by atoms with Crippen LogP contribution in [0.5, 0.6) is 11.5 Å². The van der Waals surface area contributed by atoms with Gasteiger partial charge in [0.2, 0.25) is 0 Å². The maximum Gasteiger partial charge on any atom is 0.315 e. The number of hydrogen-bond acceptors (Lipinski definition) is 6. The van der Waals surface area contributed by atoms with Crippen LogP contribution in [0, 0.1) is 5.82 Å². The number of hydrogen-bond donors (Lipinski definition) is 2. The van der Waals surface area contributed by atoms with Gasteiger partial charge in [-0.3, -0.25) is 14.4 Å². The van der Waals surface area contributed by atoms with E-state index in [1.807, 2.05) is 0 Å². The summed E-state index contributed by atoms with van der Waals surface area (Å²) in [6.45, 7) is -0.0876. The maximum atomic E-state index is 14.5. The van der Waals surface area contributed by atoms with Gasteiger partial charge in [-0.25, -0.2) is 9.18 Å².